The molecule has 2 rings (SSSR count). The number of ether oxygens (including phenoxy) is 1. The highest BCUT2D eigenvalue weighted by Crippen LogP contribution is 2.16. The van der Waals surface area contributed by atoms with E-state index in [0.717, 1.165) is 25.5 Å². The summed E-state index contributed by atoms with van der Waals surface area (Å²) in [7, 11) is 0. The summed E-state index contributed by atoms with van der Waals surface area (Å²) in [6.07, 6.45) is 6.94. The molecule has 1 N–H and O–H groups in total. The normalized spacial score (nSPS) is 22.9. The zero-order valence-corrected chi connectivity index (χ0v) is 9.69. The Labute approximate surface area is 96.5 Å². The Balaban J connectivity index is 1.67. The summed E-state index contributed by atoms with van der Waals surface area (Å²) in [6, 6.07) is 4.36. The monoisotopic (exact) mass is 221 g/mol. The van der Waals surface area contributed by atoms with Crippen LogP contribution in [0.15, 0.2) is 28.9 Å². The Kier molecular flexibility index (Phi) is 4.19. The van der Waals surface area contributed by atoms with Gasteiger partial charge in [-0.15, -0.1) is 0 Å². The predicted octanol–water partition coefficient (Wildman–Crippen LogP) is 2.31. The maximum atomic E-state index is 5.37. The van der Waals surface area contributed by atoms with E-state index in [4.69, 9.17) is 9.15 Å². The van der Waals surface area contributed by atoms with Gasteiger partial charge in [-0.25, -0.2) is 0 Å². The molecule has 16 heavy (non-hydrogen) atoms. The van der Waals surface area contributed by atoms with Crippen LogP contribution in [0.5, 0.6) is 0 Å². The van der Waals surface area contributed by atoms with Gasteiger partial charge in [0.1, 0.15) is 5.76 Å². The van der Waals surface area contributed by atoms with Crippen LogP contribution >= 0.6 is 0 Å². The average molecular weight is 221 g/mol. The van der Waals surface area contributed by atoms with Crippen LogP contribution in [0, 0.1) is 5.92 Å². The van der Waals surface area contributed by atoms with Crippen LogP contribution < -0.4 is 5.32 Å². The van der Waals surface area contributed by atoms with Crippen molar-refractivity contribution in [3.8, 4) is 0 Å². The van der Waals surface area contributed by atoms with Crippen LogP contribution in [0.25, 0.3) is 6.08 Å². The molecule has 0 aromatic carbocycles. The van der Waals surface area contributed by atoms with Gasteiger partial charge in [0.25, 0.3) is 0 Å². The highest BCUT2D eigenvalue weighted by molar-refractivity contribution is 5.42. The van der Waals surface area contributed by atoms with Crippen molar-refractivity contribution in [3.05, 3.63) is 30.2 Å². The van der Waals surface area contributed by atoms with Gasteiger partial charge in [0.05, 0.1) is 12.9 Å². The van der Waals surface area contributed by atoms with Crippen LogP contribution in [0.2, 0.25) is 0 Å². The lowest BCUT2D eigenvalue weighted by Crippen LogP contribution is -2.33. The Morgan fingerprint density at radius 2 is 2.56 bits per heavy atom. The fraction of sp³-hybridized carbons (Fsp3) is 0.538. The number of hydrogen-bond acceptors (Lipinski definition) is 3. The molecule has 3 heteroatoms. The van der Waals surface area contributed by atoms with E-state index >= 15 is 0 Å². The molecule has 1 aliphatic rings. The van der Waals surface area contributed by atoms with E-state index in [1.807, 2.05) is 18.2 Å². The van der Waals surface area contributed by atoms with Crippen molar-refractivity contribution < 1.29 is 9.15 Å². The van der Waals surface area contributed by atoms with Crippen LogP contribution in [-0.4, -0.2) is 25.8 Å². The molecule has 0 spiro atoms. The lowest BCUT2D eigenvalue weighted by molar-refractivity contribution is 0.179. The first kappa shape index (κ1) is 11.4. The minimum absolute atomic E-state index is 0.517. The molecular weight excluding hydrogens is 202 g/mol. The highest BCUT2D eigenvalue weighted by Gasteiger charge is 2.21. The first-order valence-corrected chi connectivity index (χ1v) is 5.87. The zero-order valence-electron chi connectivity index (χ0n) is 9.69. The molecule has 3 nitrogen and oxygen atoms in total. The molecule has 0 bridgehead atoms. The fourth-order valence-electron chi connectivity index (χ4n) is 1.93. The maximum absolute atomic E-state index is 5.37. The smallest absolute Gasteiger partial charge is 0.126 e. The third-order valence-corrected chi connectivity index (χ3v) is 3.05. The van der Waals surface area contributed by atoms with Gasteiger partial charge in [-0.05, 0) is 37.5 Å². The molecule has 1 aromatic heterocycles. The van der Waals surface area contributed by atoms with Crippen LogP contribution in [0.1, 0.15) is 19.1 Å². The molecule has 2 atom stereocenters. The lowest BCUT2D eigenvalue weighted by atomic mass is 10.0. The second-order valence-corrected chi connectivity index (χ2v) is 4.24. The molecule has 0 saturated carbocycles. The molecule has 1 aliphatic heterocycles. The van der Waals surface area contributed by atoms with E-state index in [2.05, 4.69) is 18.3 Å². The minimum atomic E-state index is 0.517. The van der Waals surface area contributed by atoms with Gasteiger partial charge in [-0.3, -0.25) is 0 Å². The summed E-state index contributed by atoms with van der Waals surface area (Å²) in [5, 5.41) is 3.48. The molecule has 2 heterocycles. The summed E-state index contributed by atoms with van der Waals surface area (Å²) in [5.41, 5.74) is 0. The Morgan fingerprint density at radius 3 is 3.25 bits per heavy atom. The van der Waals surface area contributed by atoms with Crippen molar-refractivity contribution in [2.75, 3.05) is 19.8 Å². The van der Waals surface area contributed by atoms with E-state index in [1.165, 1.54) is 6.42 Å². The van der Waals surface area contributed by atoms with E-state index in [9.17, 15) is 0 Å². The summed E-state index contributed by atoms with van der Waals surface area (Å²) in [6.45, 7) is 4.91. The third-order valence-electron chi connectivity index (χ3n) is 3.05. The van der Waals surface area contributed by atoms with Gasteiger partial charge in [0, 0.05) is 19.2 Å². The number of furan rings is 1. The SMILES string of the molecule is CC(NC/C=C/c1ccco1)C1CCOC1. The quantitative estimate of drug-likeness (QED) is 0.828. The lowest BCUT2D eigenvalue weighted by Gasteiger charge is -2.17. The van der Waals surface area contributed by atoms with Gasteiger partial charge in [-0.1, -0.05) is 6.08 Å². The van der Waals surface area contributed by atoms with Gasteiger partial charge in [-0.2, -0.15) is 0 Å². The largest absolute Gasteiger partial charge is 0.465 e. The summed E-state index contributed by atoms with van der Waals surface area (Å²) in [4.78, 5) is 0. The Hall–Kier alpha value is -1.06. The van der Waals surface area contributed by atoms with Crippen molar-refractivity contribution in [1.29, 1.82) is 0 Å². The van der Waals surface area contributed by atoms with Crippen molar-refractivity contribution in [3.63, 3.8) is 0 Å². The van der Waals surface area contributed by atoms with E-state index in [0.29, 0.717) is 12.0 Å². The van der Waals surface area contributed by atoms with Crippen molar-refractivity contribution in [2.24, 2.45) is 5.92 Å². The van der Waals surface area contributed by atoms with Crippen LogP contribution in [-0.2, 0) is 4.74 Å². The molecule has 0 amide bonds. The van der Waals surface area contributed by atoms with E-state index in [-0.39, 0.29) is 0 Å². The molecule has 1 fully saturated rings. The molecule has 2 unspecified atom stereocenters. The third kappa shape index (κ3) is 3.22. The van der Waals surface area contributed by atoms with Gasteiger partial charge in [0.15, 0.2) is 0 Å². The maximum Gasteiger partial charge on any atom is 0.126 e. The van der Waals surface area contributed by atoms with Crippen LogP contribution in [0.4, 0.5) is 0 Å². The molecule has 1 saturated heterocycles. The topological polar surface area (TPSA) is 34.4 Å². The first-order valence-electron chi connectivity index (χ1n) is 5.87. The number of nitrogens with one attached hydrogen (secondary N) is 1. The standard InChI is InChI=1S/C13H19NO2/c1-11(12-6-9-15-10-12)14-7-2-4-13-5-3-8-16-13/h2-5,8,11-12,14H,6-7,9-10H2,1H3/b4-2+. The van der Waals surface area contributed by atoms with Crippen LogP contribution in [0.3, 0.4) is 0 Å². The second-order valence-electron chi connectivity index (χ2n) is 4.24. The van der Waals surface area contributed by atoms with E-state index < -0.39 is 0 Å². The van der Waals surface area contributed by atoms with Crippen molar-refractivity contribution in [2.45, 2.75) is 19.4 Å². The molecule has 0 radical (unpaired) electrons. The van der Waals surface area contributed by atoms with Crippen molar-refractivity contribution in [1.82, 2.24) is 5.32 Å². The van der Waals surface area contributed by atoms with E-state index in [1.54, 1.807) is 6.26 Å². The van der Waals surface area contributed by atoms with Crippen molar-refractivity contribution >= 4 is 6.08 Å². The Morgan fingerprint density at radius 1 is 1.62 bits per heavy atom. The van der Waals surface area contributed by atoms with Gasteiger partial charge < -0.3 is 14.5 Å². The predicted molar refractivity (Wildman–Crippen MR) is 64.1 cm³/mol. The number of hydrogen-bond donors (Lipinski definition) is 1. The summed E-state index contributed by atoms with van der Waals surface area (Å²) >= 11 is 0. The van der Waals surface area contributed by atoms with Gasteiger partial charge in [0.2, 0.25) is 0 Å². The van der Waals surface area contributed by atoms with Gasteiger partial charge >= 0.3 is 0 Å². The highest BCUT2D eigenvalue weighted by atomic mass is 16.5. The molecular formula is C13H19NO2. The summed E-state index contributed by atoms with van der Waals surface area (Å²) < 4.78 is 10.6. The Bertz CT molecular complexity index is 313. The average Bonchev–Trinajstić information content (AvgIpc) is 2.96. The number of rotatable bonds is 5. The second kappa shape index (κ2) is 5.87. The fourth-order valence-corrected chi connectivity index (χ4v) is 1.93. The molecule has 0 aliphatic carbocycles. The minimum Gasteiger partial charge on any atom is -0.465 e. The molecule has 88 valence electrons. The first-order chi connectivity index (χ1) is 7.86. The zero-order chi connectivity index (χ0) is 11.2. The molecule has 1 aromatic rings. The summed E-state index contributed by atoms with van der Waals surface area (Å²) in [5.74, 6) is 1.57.